The number of aromatic nitrogens is 5. The molecular formula is C19H19FN6O. The van der Waals surface area contributed by atoms with Gasteiger partial charge in [0.15, 0.2) is 11.6 Å². The minimum absolute atomic E-state index is 0.277. The van der Waals surface area contributed by atoms with Gasteiger partial charge in [-0.05, 0) is 37.1 Å². The number of rotatable bonds is 4. The fraction of sp³-hybridized carbons (Fsp3) is 0.368. The minimum Gasteiger partial charge on any atom is -0.378 e. The van der Waals surface area contributed by atoms with Gasteiger partial charge in [-0.1, -0.05) is 0 Å². The Morgan fingerprint density at radius 2 is 1.70 bits per heavy atom. The normalized spacial score (nSPS) is 17.3. The fourth-order valence-electron chi connectivity index (χ4n) is 3.16. The summed E-state index contributed by atoms with van der Waals surface area (Å²) in [5.41, 5.74) is 1.55. The summed E-state index contributed by atoms with van der Waals surface area (Å²) in [6.45, 7) is 2.96. The molecular weight excluding hydrogens is 347 g/mol. The van der Waals surface area contributed by atoms with Gasteiger partial charge in [0, 0.05) is 31.4 Å². The molecule has 0 spiro atoms. The standard InChI is InChI=1S/C19H19FN6O/c20-15-3-5-16(6-4-15)26-18(23-17(24-26)13-1-2-13)14-11-21-19(22-12-14)25-7-9-27-10-8-25/h3-6,11-13H,1-2,7-10H2. The first-order chi connectivity index (χ1) is 13.3. The van der Waals surface area contributed by atoms with Crippen molar-refractivity contribution in [3.63, 3.8) is 0 Å². The topological polar surface area (TPSA) is 69.0 Å². The van der Waals surface area contributed by atoms with Gasteiger partial charge in [0.25, 0.3) is 0 Å². The molecule has 0 unspecified atom stereocenters. The lowest BCUT2D eigenvalue weighted by atomic mass is 10.3. The van der Waals surface area contributed by atoms with Crippen LogP contribution in [0.5, 0.6) is 0 Å². The van der Waals surface area contributed by atoms with Crippen LogP contribution in [0, 0.1) is 5.82 Å². The highest BCUT2D eigenvalue weighted by molar-refractivity contribution is 5.57. The van der Waals surface area contributed by atoms with Crippen LogP contribution in [-0.2, 0) is 4.74 Å². The maximum absolute atomic E-state index is 13.3. The van der Waals surface area contributed by atoms with Gasteiger partial charge in [-0.2, -0.15) is 5.10 Å². The van der Waals surface area contributed by atoms with Crippen LogP contribution in [0.4, 0.5) is 10.3 Å². The summed E-state index contributed by atoms with van der Waals surface area (Å²) in [6.07, 6.45) is 5.77. The van der Waals surface area contributed by atoms with Crippen LogP contribution in [-0.4, -0.2) is 51.0 Å². The van der Waals surface area contributed by atoms with Gasteiger partial charge in [-0.3, -0.25) is 0 Å². The third-order valence-corrected chi connectivity index (χ3v) is 4.83. The molecule has 0 bridgehead atoms. The number of hydrogen-bond acceptors (Lipinski definition) is 6. The van der Waals surface area contributed by atoms with Crippen LogP contribution in [0.1, 0.15) is 24.6 Å². The summed E-state index contributed by atoms with van der Waals surface area (Å²) in [4.78, 5) is 15.9. The van der Waals surface area contributed by atoms with E-state index in [1.807, 2.05) is 0 Å². The second-order valence-electron chi connectivity index (χ2n) is 6.83. The van der Waals surface area contributed by atoms with Crippen molar-refractivity contribution >= 4 is 5.95 Å². The molecule has 1 aromatic carbocycles. The molecule has 27 heavy (non-hydrogen) atoms. The van der Waals surface area contributed by atoms with Gasteiger partial charge >= 0.3 is 0 Å². The molecule has 138 valence electrons. The summed E-state index contributed by atoms with van der Waals surface area (Å²) in [6, 6.07) is 6.26. The molecule has 5 rings (SSSR count). The first-order valence-electron chi connectivity index (χ1n) is 9.16. The summed E-state index contributed by atoms with van der Waals surface area (Å²) >= 11 is 0. The second-order valence-corrected chi connectivity index (χ2v) is 6.83. The Labute approximate surface area is 155 Å². The molecule has 1 aliphatic heterocycles. The molecule has 0 radical (unpaired) electrons. The van der Waals surface area contributed by atoms with E-state index in [0.717, 1.165) is 43.0 Å². The van der Waals surface area contributed by atoms with E-state index in [-0.39, 0.29) is 5.82 Å². The van der Waals surface area contributed by atoms with Crippen molar-refractivity contribution < 1.29 is 9.13 Å². The van der Waals surface area contributed by atoms with E-state index >= 15 is 0 Å². The summed E-state index contributed by atoms with van der Waals surface area (Å²) in [5.74, 6) is 2.33. The van der Waals surface area contributed by atoms with Gasteiger partial charge in [0.05, 0.1) is 24.5 Å². The van der Waals surface area contributed by atoms with E-state index in [4.69, 9.17) is 9.72 Å². The Morgan fingerprint density at radius 3 is 2.37 bits per heavy atom. The molecule has 1 saturated carbocycles. The van der Waals surface area contributed by atoms with Crippen molar-refractivity contribution in [2.75, 3.05) is 31.2 Å². The Hall–Kier alpha value is -2.87. The Morgan fingerprint density at radius 1 is 1.00 bits per heavy atom. The Balaban J connectivity index is 1.50. The largest absolute Gasteiger partial charge is 0.378 e. The third kappa shape index (κ3) is 3.28. The van der Waals surface area contributed by atoms with E-state index in [2.05, 4.69) is 20.0 Å². The van der Waals surface area contributed by atoms with Gasteiger partial charge in [-0.25, -0.2) is 24.0 Å². The number of halogens is 1. The molecule has 0 amide bonds. The fourth-order valence-corrected chi connectivity index (χ4v) is 3.16. The van der Waals surface area contributed by atoms with Crippen LogP contribution < -0.4 is 4.90 Å². The molecule has 3 heterocycles. The van der Waals surface area contributed by atoms with Crippen molar-refractivity contribution in [3.8, 4) is 17.1 Å². The van der Waals surface area contributed by atoms with E-state index in [1.165, 1.54) is 12.1 Å². The van der Waals surface area contributed by atoms with Gasteiger partial charge in [-0.15, -0.1) is 0 Å². The van der Waals surface area contributed by atoms with Crippen molar-refractivity contribution in [2.24, 2.45) is 0 Å². The lowest BCUT2D eigenvalue weighted by Gasteiger charge is -2.26. The van der Waals surface area contributed by atoms with Crippen LogP contribution in [0.25, 0.3) is 17.1 Å². The number of anilines is 1. The number of hydrogen-bond donors (Lipinski definition) is 0. The maximum atomic E-state index is 13.3. The van der Waals surface area contributed by atoms with E-state index < -0.39 is 0 Å². The zero-order chi connectivity index (χ0) is 18.2. The number of morpholine rings is 1. The quantitative estimate of drug-likeness (QED) is 0.707. The predicted molar refractivity (Wildman–Crippen MR) is 97.4 cm³/mol. The number of ether oxygens (including phenoxy) is 1. The number of benzene rings is 1. The molecule has 7 nitrogen and oxygen atoms in total. The van der Waals surface area contributed by atoms with Crippen LogP contribution >= 0.6 is 0 Å². The molecule has 0 N–H and O–H groups in total. The van der Waals surface area contributed by atoms with Crippen molar-refractivity contribution in [3.05, 3.63) is 48.3 Å². The summed E-state index contributed by atoms with van der Waals surface area (Å²) in [7, 11) is 0. The average Bonchev–Trinajstić information content (AvgIpc) is 3.48. The minimum atomic E-state index is -0.277. The molecule has 2 aliphatic rings. The zero-order valence-electron chi connectivity index (χ0n) is 14.8. The average molecular weight is 366 g/mol. The smallest absolute Gasteiger partial charge is 0.225 e. The molecule has 1 saturated heterocycles. The molecule has 2 fully saturated rings. The van der Waals surface area contributed by atoms with Gasteiger partial charge < -0.3 is 9.64 Å². The van der Waals surface area contributed by atoms with Crippen molar-refractivity contribution in [1.29, 1.82) is 0 Å². The first kappa shape index (κ1) is 16.3. The summed E-state index contributed by atoms with van der Waals surface area (Å²) in [5, 5.41) is 4.66. The lowest BCUT2D eigenvalue weighted by Crippen LogP contribution is -2.37. The Bertz CT molecular complexity index is 930. The molecule has 3 aromatic rings. The first-order valence-corrected chi connectivity index (χ1v) is 9.16. The van der Waals surface area contributed by atoms with E-state index in [0.29, 0.717) is 30.9 Å². The number of nitrogens with zero attached hydrogens (tertiary/aromatic N) is 6. The highest BCUT2D eigenvalue weighted by Crippen LogP contribution is 2.39. The zero-order valence-corrected chi connectivity index (χ0v) is 14.8. The van der Waals surface area contributed by atoms with E-state index in [9.17, 15) is 4.39 Å². The molecule has 1 aliphatic carbocycles. The monoisotopic (exact) mass is 366 g/mol. The SMILES string of the molecule is Fc1ccc(-n2nc(C3CC3)nc2-c2cnc(N3CCOCC3)nc2)cc1. The van der Waals surface area contributed by atoms with Crippen LogP contribution in [0.3, 0.4) is 0 Å². The summed E-state index contributed by atoms with van der Waals surface area (Å²) < 4.78 is 20.4. The predicted octanol–water partition coefficient (Wildman–Crippen LogP) is 2.58. The van der Waals surface area contributed by atoms with Crippen LogP contribution in [0.15, 0.2) is 36.7 Å². The van der Waals surface area contributed by atoms with Gasteiger partial charge in [0.2, 0.25) is 5.95 Å². The Kier molecular flexibility index (Phi) is 4.05. The van der Waals surface area contributed by atoms with Crippen molar-refractivity contribution in [2.45, 2.75) is 18.8 Å². The van der Waals surface area contributed by atoms with Crippen LogP contribution in [0.2, 0.25) is 0 Å². The molecule has 8 heteroatoms. The lowest BCUT2D eigenvalue weighted by molar-refractivity contribution is 0.122. The highest BCUT2D eigenvalue weighted by Gasteiger charge is 2.29. The van der Waals surface area contributed by atoms with E-state index in [1.54, 1.807) is 29.2 Å². The van der Waals surface area contributed by atoms with Gasteiger partial charge in [0.1, 0.15) is 5.82 Å². The maximum Gasteiger partial charge on any atom is 0.225 e. The van der Waals surface area contributed by atoms with Crippen molar-refractivity contribution in [1.82, 2.24) is 24.7 Å². The molecule has 0 atom stereocenters. The third-order valence-electron chi connectivity index (χ3n) is 4.83. The second kappa shape index (κ2) is 6.70. The highest BCUT2D eigenvalue weighted by atomic mass is 19.1. The molecule has 2 aromatic heterocycles.